The number of carbonyl (C=O) groups is 1. The monoisotopic (exact) mass is 220 g/mol. The quantitative estimate of drug-likeness (QED) is 0.787. The van der Waals surface area contributed by atoms with Crippen LogP contribution in [0.15, 0.2) is 24.3 Å². The van der Waals surface area contributed by atoms with E-state index in [1.54, 1.807) is 6.07 Å². The number of fused-ring (bicyclic) bond motifs is 1. The molecule has 0 aliphatic heterocycles. The average molecular weight is 220 g/mol. The normalized spacial score (nSPS) is 10.6. The van der Waals surface area contributed by atoms with Crippen molar-refractivity contribution in [1.82, 2.24) is 4.73 Å². The summed E-state index contributed by atoms with van der Waals surface area (Å²) in [7, 11) is 1.44. The number of nitrogens with two attached hydrogens (primary N) is 1. The standard InChI is InChI=1S/C11H12N2O3/c1-16-13-9-5-3-2-4-7(9)8(11(13)15)6-10(12)14/h2-5,15H,6H2,1H3,(H2,12,14). The molecule has 3 N–H and O–H groups in total. The van der Waals surface area contributed by atoms with Gasteiger partial charge < -0.3 is 15.7 Å². The van der Waals surface area contributed by atoms with Crippen LogP contribution in [0.5, 0.6) is 5.88 Å². The molecule has 5 nitrogen and oxygen atoms in total. The number of nitrogens with zero attached hydrogens (tertiary/aromatic N) is 1. The predicted octanol–water partition coefficient (Wildman–Crippen LogP) is 0.433. The second-order valence-corrected chi connectivity index (χ2v) is 3.44. The van der Waals surface area contributed by atoms with Crippen molar-refractivity contribution in [3.05, 3.63) is 29.8 Å². The molecule has 1 aromatic heterocycles. The fraction of sp³-hybridized carbons (Fsp3) is 0.182. The van der Waals surface area contributed by atoms with E-state index >= 15 is 0 Å². The van der Waals surface area contributed by atoms with Crippen molar-refractivity contribution in [2.45, 2.75) is 6.42 Å². The smallest absolute Gasteiger partial charge is 0.229 e. The van der Waals surface area contributed by atoms with Crippen molar-refractivity contribution in [2.24, 2.45) is 5.73 Å². The molecule has 0 radical (unpaired) electrons. The number of amides is 1. The van der Waals surface area contributed by atoms with Crippen LogP contribution in [0, 0.1) is 0 Å². The van der Waals surface area contributed by atoms with Gasteiger partial charge in [-0.25, -0.2) is 0 Å². The van der Waals surface area contributed by atoms with Crippen LogP contribution in [0.1, 0.15) is 5.56 Å². The van der Waals surface area contributed by atoms with Gasteiger partial charge in [-0.2, -0.15) is 0 Å². The average Bonchev–Trinajstić information content (AvgIpc) is 2.52. The summed E-state index contributed by atoms with van der Waals surface area (Å²) in [5.74, 6) is -0.572. The maximum atomic E-state index is 10.9. The Morgan fingerprint density at radius 1 is 1.50 bits per heavy atom. The highest BCUT2D eigenvalue weighted by atomic mass is 16.7. The SMILES string of the molecule is COn1c(O)c(CC(N)=O)c2ccccc21. The molecule has 0 spiro atoms. The first-order valence-corrected chi connectivity index (χ1v) is 4.79. The largest absolute Gasteiger partial charge is 0.492 e. The highest BCUT2D eigenvalue weighted by Crippen LogP contribution is 2.30. The van der Waals surface area contributed by atoms with Gasteiger partial charge >= 0.3 is 0 Å². The van der Waals surface area contributed by atoms with Gasteiger partial charge in [0.2, 0.25) is 11.8 Å². The van der Waals surface area contributed by atoms with Gasteiger partial charge in [-0.1, -0.05) is 18.2 Å². The van der Waals surface area contributed by atoms with Gasteiger partial charge in [0.15, 0.2) is 0 Å². The van der Waals surface area contributed by atoms with Crippen molar-refractivity contribution in [2.75, 3.05) is 7.11 Å². The first-order valence-electron chi connectivity index (χ1n) is 4.79. The molecule has 1 heterocycles. The molecule has 84 valence electrons. The van der Waals surface area contributed by atoms with Crippen LogP contribution in [0.4, 0.5) is 0 Å². The summed E-state index contributed by atoms with van der Waals surface area (Å²) >= 11 is 0. The Kier molecular flexibility index (Phi) is 2.44. The molecule has 5 heteroatoms. The van der Waals surface area contributed by atoms with E-state index in [1.165, 1.54) is 11.8 Å². The number of hydrogen-bond acceptors (Lipinski definition) is 3. The van der Waals surface area contributed by atoms with E-state index < -0.39 is 5.91 Å². The van der Waals surface area contributed by atoms with E-state index in [-0.39, 0.29) is 12.3 Å². The van der Waals surface area contributed by atoms with Crippen molar-refractivity contribution in [3.63, 3.8) is 0 Å². The summed E-state index contributed by atoms with van der Waals surface area (Å²) in [6.07, 6.45) is -0.0112. The van der Waals surface area contributed by atoms with Crippen molar-refractivity contribution >= 4 is 16.8 Å². The minimum Gasteiger partial charge on any atom is -0.492 e. The summed E-state index contributed by atoms with van der Waals surface area (Å²) in [5, 5.41) is 10.7. The maximum Gasteiger partial charge on any atom is 0.229 e. The lowest BCUT2D eigenvalue weighted by molar-refractivity contribution is -0.117. The van der Waals surface area contributed by atoms with E-state index in [1.807, 2.05) is 18.2 Å². The van der Waals surface area contributed by atoms with Gasteiger partial charge in [0, 0.05) is 10.9 Å². The number of hydrogen-bond donors (Lipinski definition) is 2. The first-order chi connectivity index (χ1) is 7.65. The zero-order chi connectivity index (χ0) is 11.7. The van der Waals surface area contributed by atoms with Crippen LogP contribution in [0.3, 0.4) is 0 Å². The molecule has 0 bridgehead atoms. The molecule has 0 aliphatic rings. The van der Waals surface area contributed by atoms with E-state index in [2.05, 4.69) is 0 Å². The molecule has 0 unspecified atom stereocenters. The Balaban J connectivity index is 2.71. The first kappa shape index (κ1) is 10.4. The molecule has 1 amide bonds. The summed E-state index contributed by atoms with van der Waals surface area (Å²) in [6.45, 7) is 0. The van der Waals surface area contributed by atoms with Crippen molar-refractivity contribution in [3.8, 4) is 5.88 Å². The number of aromatic nitrogens is 1. The maximum absolute atomic E-state index is 10.9. The van der Waals surface area contributed by atoms with Crippen molar-refractivity contribution < 1.29 is 14.7 Å². The molecule has 0 saturated heterocycles. The van der Waals surface area contributed by atoms with Gasteiger partial charge in [0.1, 0.15) is 7.11 Å². The molecular formula is C11H12N2O3. The van der Waals surface area contributed by atoms with E-state index in [9.17, 15) is 9.90 Å². The third-order valence-electron chi connectivity index (χ3n) is 2.44. The van der Waals surface area contributed by atoms with Crippen LogP contribution in [0.25, 0.3) is 10.9 Å². The van der Waals surface area contributed by atoms with Gasteiger partial charge in [0.25, 0.3) is 0 Å². The molecular weight excluding hydrogens is 208 g/mol. The number of aromatic hydroxyl groups is 1. The minimum atomic E-state index is -0.491. The van der Waals surface area contributed by atoms with Gasteiger partial charge in [-0.15, -0.1) is 4.73 Å². The van der Waals surface area contributed by atoms with Crippen LogP contribution >= 0.6 is 0 Å². The molecule has 16 heavy (non-hydrogen) atoms. The topological polar surface area (TPSA) is 77.5 Å². The number of primary amides is 1. The molecule has 2 aromatic rings. The highest BCUT2D eigenvalue weighted by molar-refractivity contribution is 5.91. The van der Waals surface area contributed by atoms with E-state index in [0.717, 1.165) is 5.39 Å². The summed E-state index contributed by atoms with van der Waals surface area (Å²) < 4.78 is 1.27. The molecule has 0 saturated carbocycles. The van der Waals surface area contributed by atoms with Gasteiger partial charge in [-0.3, -0.25) is 4.79 Å². The number of carbonyl (C=O) groups excluding carboxylic acids is 1. The van der Waals surface area contributed by atoms with Crippen molar-refractivity contribution in [1.29, 1.82) is 0 Å². The van der Waals surface area contributed by atoms with Crippen LogP contribution in [-0.4, -0.2) is 22.9 Å². The van der Waals surface area contributed by atoms with Gasteiger partial charge in [-0.05, 0) is 6.07 Å². The van der Waals surface area contributed by atoms with E-state index in [4.69, 9.17) is 10.6 Å². The molecule has 0 aliphatic carbocycles. The lowest BCUT2D eigenvalue weighted by Crippen LogP contribution is -2.13. The Labute approximate surface area is 92.0 Å². The summed E-state index contributed by atoms with van der Waals surface area (Å²) in [5.41, 5.74) is 6.33. The Hall–Kier alpha value is -2.17. The summed E-state index contributed by atoms with van der Waals surface area (Å²) in [4.78, 5) is 16.0. The summed E-state index contributed by atoms with van der Waals surface area (Å²) in [6, 6.07) is 7.25. The lowest BCUT2D eigenvalue weighted by atomic mass is 10.1. The molecule has 2 rings (SSSR count). The zero-order valence-electron chi connectivity index (χ0n) is 8.80. The number of benzene rings is 1. The Morgan fingerprint density at radius 3 is 2.81 bits per heavy atom. The predicted molar refractivity (Wildman–Crippen MR) is 59.0 cm³/mol. The third-order valence-corrected chi connectivity index (χ3v) is 2.44. The molecule has 0 fully saturated rings. The lowest BCUT2D eigenvalue weighted by Gasteiger charge is -2.03. The van der Waals surface area contributed by atoms with Crippen LogP contribution in [0.2, 0.25) is 0 Å². The second kappa shape index (κ2) is 3.77. The minimum absolute atomic E-state index is 0.0112. The zero-order valence-corrected chi connectivity index (χ0v) is 8.80. The van der Waals surface area contributed by atoms with Crippen LogP contribution < -0.4 is 10.6 Å². The molecule has 0 atom stereocenters. The number of para-hydroxylation sites is 1. The highest BCUT2D eigenvalue weighted by Gasteiger charge is 2.17. The molecule has 1 aromatic carbocycles. The van der Waals surface area contributed by atoms with Gasteiger partial charge in [0.05, 0.1) is 11.9 Å². The third kappa shape index (κ3) is 1.46. The Morgan fingerprint density at radius 2 is 2.19 bits per heavy atom. The fourth-order valence-electron chi connectivity index (χ4n) is 1.80. The van der Waals surface area contributed by atoms with Crippen LogP contribution in [-0.2, 0) is 11.2 Å². The fourth-order valence-corrected chi connectivity index (χ4v) is 1.80. The Bertz CT molecular complexity index is 545. The number of rotatable bonds is 3. The van der Waals surface area contributed by atoms with E-state index in [0.29, 0.717) is 11.1 Å². The second-order valence-electron chi connectivity index (χ2n) is 3.44.